The molecule has 0 aromatic heterocycles. The fourth-order valence-corrected chi connectivity index (χ4v) is 2.45. The lowest BCUT2D eigenvalue weighted by Crippen LogP contribution is -2.42. The molecule has 1 aliphatic heterocycles. The topological polar surface area (TPSA) is 52.6 Å². The Morgan fingerprint density at radius 2 is 2.37 bits per heavy atom. The van der Waals surface area contributed by atoms with Crippen molar-refractivity contribution in [2.24, 2.45) is 0 Å². The molecule has 4 nitrogen and oxygen atoms in total. The smallest absolute Gasteiger partial charge is 0.238 e. The first-order chi connectivity index (χ1) is 9.17. The Balaban J connectivity index is 1.86. The van der Waals surface area contributed by atoms with E-state index in [2.05, 4.69) is 18.3 Å². The van der Waals surface area contributed by atoms with E-state index in [1.807, 2.05) is 23.1 Å². The summed E-state index contributed by atoms with van der Waals surface area (Å²) in [5.74, 6) is -0.0117. The first-order valence-corrected chi connectivity index (χ1v) is 6.96. The number of carbonyl (C=O) groups is 1. The van der Waals surface area contributed by atoms with Crippen molar-refractivity contribution in [1.29, 1.82) is 0 Å². The second kappa shape index (κ2) is 6.68. The predicted octanol–water partition coefficient (Wildman–Crippen LogP) is 1.64. The Morgan fingerprint density at radius 1 is 1.53 bits per heavy atom. The molecule has 0 saturated carbocycles. The molecule has 2 rings (SSSR count). The van der Waals surface area contributed by atoms with Gasteiger partial charge in [-0.3, -0.25) is 9.69 Å². The van der Waals surface area contributed by atoms with Gasteiger partial charge in [-0.15, -0.1) is 0 Å². The Bertz CT molecular complexity index is 434. The Kier molecular flexibility index (Phi) is 4.93. The SMILES string of the molecule is CCc1cccc(NC(=O)CN2CCC[C@H](O)C2)c1. The predicted molar refractivity (Wildman–Crippen MR) is 76.1 cm³/mol. The van der Waals surface area contributed by atoms with Gasteiger partial charge in [0.2, 0.25) is 5.91 Å². The summed E-state index contributed by atoms with van der Waals surface area (Å²) in [5, 5.41) is 12.5. The van der Waals surface area contributed by atoms with E-state index >= 15 is 0 Å². The highest BCUT2D eigenvalue weighted by Crippen LogP contribution is 2.12. The lowest BCUT2D eigenvalue weighted by atomic mass is 10.1. The maximum Gasteiger partial charge on any atom is 0.238 e. The van der Waals surface area contributed by atoms with Crippen LogP contribution in [0.1, 0.15) is 25.3 Å². The number of hydrogen-bond acceptors (Lipinski definition) is 3. The molecule has 2 N–H and O–H groups in total. The zero-order chi connectivity index (χ0) is 13.7. The largest absolute Gasteiger partial charge is 0.392 e. The number of amides is 1. The standard InChI is InChI=1S/C15H22N2O2/c1-2-12-5-3-6-13(9-12)16-15(19)11-17-8-4-7-14(18)10-17/h3,5-6,9,14,18H,2,4,7-8,10-11H2,1H3,(H,16,19)/t14-/m0/s1. The van der Waals surface area contributed by atoms with Crippen LogP contribution in [-0.4, -0.2) is 41.7 Å². The van der Waals surface area contributed by atoms with E-state index in [9.17, 15) is 9.90 Å². The Hall–Kier alpha value is -1.39. The fourth-order valence-electron chi connectivity index (χ4n) is 2.45. The molecule has 4 heteroatoms. The number of aliphatic hydroxyl groups is 1. The molecule has 104 valence electrons. The van der Waals surface area contributed by atoms with Crippen molar-refractivity contribution in [1.82, 2.24) is 4.90 Å². The number of aliphatic hydroxyl groups excluding tert-OH is 1. The van der Waals surface area contributed by atoms with Crippen molar-refractivity contribution in [2.45, 2.75) is 32.3 Å². The average molecular weight is 262 g/mol. The van der Waals surface area contributed by atoms with Crippen molar-refractivity contribution >= 4 is 11.6 Å². The summed E-state index contributed by atoms with van der Waals surface area (Å²) >= 11 is 0. The van der Waals surface area contributed by atoms with Gasteiger partial charge in [0, 0.05) is 12.2 Å². The van der Waals surface area contributed by atoms with Gasteiger partial charge in [0.05, 0.1) is 12.6 Å². The van der Waals surface area contributed by atoms with Gasteiger partial charge in [0.15, 0.2) is 0 Å². The zero-order valence-corrected chi connectivity index (χ0v) is 11.4. The minimum atomic E-state index is -0.287. The van der Waals surface area contributed by atoms with Crippen LogP contribution in [-0.2, 0) is 11.2 Å². The molecule has 1 aromatic rings. The summed E-state index contributed by atoms with van der Waals surface area (Å²) in [5.41, 5.74) is 2.06. The van der Waals surface area contributed by atoms with Crippen LogP contribution in [0.4, 0.5) is 5.69 Å². The average Bonchev–Trinajstić information content (AvgIpc) is 2.38. The van der Waals surface area contributed by atoms with E-state index < -0.39 is 0 Å². The molecule has 0 unspecified atom stereocenters. The van der Waals surface area contributed by atoms with Gasteiger partial charge in [0.1, 0.15) is 0 Å². The summed E-state index contributed by atoms with van der Waals surface area (Å²) in [6.07, 6.45) is 2.48. The molecule has 0 spiro atoms. The van der Waals surface area contributed by atoms with Crippen LogP contribution >= 0.6 is 0 Å². The van der Waals surface area contributed by atoms with E-state index in [0.717, 1.165) is 31.5 Å². The number of aryl methyl sites for hydroxylation is 1. The van der Waals surface area contributed by atoms with Crippen LogP contribution in [0.25, 0.3) is 0 Å². The highest BCUT2D eigenvalue weighted by Gasteiger charge is 2.19. The van der Waals surface area contributed by atoms with Gasteiger partial charge in [0.25, 0.3) is 0 Å². The summed E-state index contributed by atoms with van der Waals surface area (Å²) in [6.45, 7) is 3.94. The maximum atomic E-state index is 12.0. The van der Waals surface area contributed by atoms with E-state index in [1.54, 1.807) is 0 Å². The van der Waals surface area contributed by atoms with Crippen molar-refractivity contribution in [3.05, 3.63) is 29.8 Å². The molecule has 1 fully saturated rings. The third-order valence-electron chi connectivity index (χ3n) is 3.47. The molecule has 1 aliphatic rings. The first-order valence-electron chi connectivity index (χ1n) is 6.96. The number of β-amino-alcohol motifs (C(OH)–C–C–N with tert-alkyl or cyclic N) is 1. The van der Waals surface area contributed by atoms with Crippen molar-refractivity contribution < 1.29 is 9.90 Å². The van der Waals surface area contributed by atoms with Crippen molar-refractivity contribution in [3.8, 4) is 0 Å². The van der Waals surface area contributed by atoms with Gasteiger partial charge in [-0.25, -0.2) is 0 Å². The van der Waals surface area contributed by atoms with Gasteiger partial charge in [-0.1, -0.05) is 19.1 Å². The lowest BCUT2D eigenvalue weighted by molar-refractivity contribution is -0.118. The normalized spacial score (nSPS) is 20.2. The van der Waals surface area contributed by atoms with Crippen molar-refractivity contribution in [3.63, 3.8) is 0 Å². The van der Waals surface area contributed by atoms with E-state index in [1.165, 1.54) is 5.56 Å². The number of hydrogen-bond donors (Lipinski definition) is 2. The zero-order valence-electron chi connectivity index (χ0n) is 11.4. The molecular weight excluding hydrogens is 240 g/mol. The van der Waals surface area contributed by atoms with E-state index in [-0.39, 0.29) is 12.0 Å². The van der Waals surface area contributed by atoms with Crippen LogP contribution in [0.3, 0.4) is 0 Å². The molecular formula is C15H22N2O2. The fraction of sp³-hybridized carbons (Fsp3) is 0.533. The molecule has 1 saturated heterocycles. The third-order valence-corrected chi connectivity index (χ3v) is 3.47. The van der Waals surface area contributed by atoms with Gasteiger partial charge < -0.3 is 10.4 Å². The van der Waals surface area contributed by atoms with Gasteiger partial charge >= 0.3 is 0 Å². The van der Waals surface area contributed by atoms with Gasteiger partial charge in [-0.05, 0) is 43.5 Å². The number of carbonyl (C=O) groups excluding carboxylic acids is 1. The molecule has 0 bridgehead atoms. The lowest BCUT2D eigenvalue weighted by Gasteiger charge is -2.29. The van der Waals surface area contributed by atoms with Crippen LogP contribution in [0, 0.1) is 0 Å². The molecule has 0 radical (unpaired) electrons. The number of piperidine rings is 1. The number of anilines is 1. The van der Waals surface area contributed by atoms with E-state index in [0.29, 0.717) is 13.1 Å². The number of rotatable bonds is 4. The number of benzene rings is 1. The number of nitrogens with zero attached hydrogens (tertiary/aromatic N) is 1. The second-order valence-electron chi connectivity index (χ2n) is 5.13. The molecule has 1 amide bonds. The first kappa shape index (κ1) is 14.0. The highest BCUT2D eigenvalue weighted by atomic mass is 16.3. The minimum Gasteiger partial charge on any atom is -0.392 e. The Labute approximate surface area is 114 Å². The van der Waals surface area contributed by atoms with Crippen LogP contribution in [0.15, 0.2) is 24.3 Å². The molecule has 19 heavy (non-hydrogen) atoms. The number of likely N-dealkylation sites (tertiary alicyclic amines) is 1. The Morgan fingerprint density at radius 3 is 3.11 bits per heavy atom. The number of nitrogens with one attached hydrogen (secondary N) is 1. The van der Waals surface area contributed by atoms with Crippen molar-refractivity contribution in [2.75, 3.05) is 25.0 Å². The van der Waals surface area contributed by atoms with Crippen LogP contribution in [0.5, 0.6) is 0 Å². The minimum absolute atomic E-state index is 0.0117. The quantitative estimate of drug-likeness (QED) is 0.867. The maximum absolute atomic E-state index is 12.0. The summed E-state index contributed by atoms with van der Waals surface area (Å²) in [4.78, 5) is 14.0. The highest BCUT2D eigenvalue weighted by molar-refractivity contribution is 5.92. The van der Waals surface area contributed by atoms with E-state index in [4.69, 9.17) is 0 Å². The molecule has 1 heterocycles. The second-order valence-corrected chi connectivity index (χ2v) is 5.13. The molecule has 0 aliphatic carbocycles. The molecule has 1 aromatic carbocycles. The summed E-state index contributed by atoms with van der Waals surface area (Å²) < 4.78 is 0. The monoisotopic (exact) mass is 262 g/mol. The van der Waals surface area contributed by atoms with Crippen LogP contribution in [0.2, 0.25) is 0 Å². The van der Waals surface area contributed by atoms with Crippen LogP contribution < -0.4 is 5.32 Å². The van der Waals surface area contributed by atoms with Gasteiger partial charge in [-0.2, -0.15) is 0 Å². The molecule has 1 atom stereocenters. The summed E-state index contributed by atoms with van der Waals surface area (Å²) in [6, 6.07) is 7.92. The third kappa shape index (κ3) is 4.33. The summed E-state index contributed by atoms with van der Waals surface area (Å²) in [7, 11) is 0.